The molecule has 0 bridgehead atoms. The maximum atomic E-state index is 11.7. The van der Waals surface area contributed by atoms with Crippen molar-refractivity contribution in [3.63, 3.8) is 0 Å². The fraction of sp³-hybridized carbons (Fsp3) is 0.235. The smallest absolute Gasteiger partial charge is 0.328 e. The number of ether oxygens (including phenoxy) is 1. The Kier molecular flexibility index (Phi) is 5.87. The van der Waals surface area contributed by atoms with Crippen LogP contribution in [0.4, 0.5) is 0 Å². The molecule has 112 valence electrons. The molecule has 0 unspecified atom stereocenters. The summed E-state index contributed by atoms with van der Waals surface area (Å²) in [5, 5.41) is 11.1. The van der Waals surface area contributed by atoms with E-state index in [-0.39, 0.29) is 12.6 Å². The summed E-state index contributed by atoms with van der Waals surface area (Å²) in [7, 11) is 0. The number of hydrogen-bond donors (Lipinski definition) is 0. The fourth-order valence-electron chi connectivity index (χ4n) is 1.96. The van der Waals surface area contributed by atoms with Crippen LogP contribution in [-0.4, -0.2) is 18.8 Å². The van der Waals surface area contributed by atoms with Gasteiger partial charge in [0.15, 0.2) is 5.92 Å². The van der Waals surface area contributed by atoms with Crippen molar-refractivity contribution in [3.8, 4) is 6.07 Å². The van der Waals surface area contributed by atoms with Crippen molar-refractivity contribution in [1.29, 1.82) is 5.26 Å². The maximum absolute atomic E-state index is 11.7. The van der Waals surface area contributed by atoms with Crippen molar-refractivity contribution >= 4 is 23.5 Å². The predicted octanol–water partition coefficient (Wildman–Crippen LogP) is 3.61. The summed E-state index contributed by atoms with van der Waals surface area (Å²) in [6.07, 6.45) is 1.38. The molecule has 0 fully saturated rings. The first kappa shape index (κ1) is 15.9. The monoisotopic (exact) mass is 312 g/mol. The highest BCUT2D eigenvalue weighted by Crippen LogP contribution is 2.29. The molecule has 0 aliphatic carbocycles. The van der Waals surface area contributed by atoms with Crippen LogP contribution in [0.15, 0.2) is 52.8 Å². The third kappa shape index (κ3) is 4.03. The molecule has 1 aromatic heterocycles. The van der Waals surface area contributed by atoms with Gasteiger partial charge in [-0.3, -0.25) is 9.79 Å². The van der Waals surface area contributed by atoms with Gasteiger partial charge in [0.1, 0.15) is 6.04 Å². The van der Waals surface area contributed by atoms with Crippen LogP contribution in [0.3, 0.4) is 0 Å². The van der Waals surface area contributed by atoms with Gasteiger partial charge in [-0.25, -0.2) is 0 Å². The summed E-state index contributed by atoms with van der Waals surface area (Å²) in [4.78, 5) is 17.2. The molecule has 0 spiro atoms. The largest absolute Gasteiger partial charge is 0.465 e. The van der Waals surface area contributed by atoms with Gasteiger partial charge in [-0.2, -0.15) is 5.26 Å². The molecule has 0 saturated heterocycles. The second-order valence-electron chi connectivity index (χ2n) is 4.49. The Morgan fingerprint density at radius 3 is 2.73 bits per heavy atom. The highest BCUT2D eigenvalue weighted by molar-refractivity contribution is 7.10. The number of esters is 1. The van der Waals surface area contributed by atoms with Crippen LogP contribution in [0.2, 0.25) is 0 Å². The molecular weight excluding hydrogens is 296 g/mol. The van der Waals surface area contributed by atoms with E-state index in [2.05, 4.69) is 4.99 Å². The van der Waals surface area contributed by atoms with Crippen LogP contribution in [0.5, 0.6) is 0 Å². The van der Waals surface area contributed by atoms with Crippen molar-refractivity contribution in [2.24, 2.45) is 10.9 Å². The van der Waals surface area contributed by atoms with E-state index in [0.717, 1.165) is 10.4 Å². The summed E-state index contributed by atoms with van der Waals surface area (Å²) >= 11 is 1.59. The molecule has 1 heterocycles. The average Bonchev–Trinajstić information content (AvgIpc) is 3.07. The van der Waals surface area contributed by atoms with Crippen molar-refractivity contribution in [2.75, 3.05) is 6.61 Å². The lowest BCUT2D eigenvalue weighted by molar-refractivity contribution is -0.143. The third-order valence-electron chi connectivity index (χ3n) is 2.99. The maximum Gasteiger partial charge on any atom is 0.328 e. The minimum Gasteiger partial charge on any atom is -0.465 e. The van der Waals surface area contributed by atoms with E-state index in [1.54, 1.807) is 18.3 Å². The summed E-state index contributed by atoms with van der Waals surface area (Å²) < 4.78 is 4.87. The summed E-state index contributed by atoms with van der Waals surface area (Å²) in [6, 6.07) is 15.4. The quantitative estimate of drug-likeness (QED) is 0.604. The van der Waals surface area contributed by atoms with E-state index in [1.807, 2.05) is 53.9 Å². The number of carbonyl (C=O) groups excluding carboxylic acids is 1. The van der Waals surface area contributed by atoms with Crippen molar-refractivity contribution in [3.05, 3.63) is 58.3 Å². The molecule has 0 radical (unpaired) electrons. The molecule has 0 aliphatic rings. The Labute approximate surface area is 133 Å². The summed E-state index contributed by atoms with van der Waals surface area (Å²) in [5.74, 6) is -1.54. The molecule has 2 aromatic rings. The van der Waals surface area contributed by atoms with Gasteiger partial charge >= 0.3 is 5.97 Å². The first-order valence-electron chi connectivity index (χ1n) is 6.94. The van der Waals surface area contributed by atoms with Gasteiger partial charge in [0.2, 0.25) is 0 Å². The summed E-state index contributed by atoms with van der Waals surface area (Å²) in [6.45, 7) is 1.96. The number of nitriles is 1. The predicted molar refractivity (Wildman–Crippen MR) is 86.8 cm³/mol. The number of aliphatic imine (C=N–C) groups is 1. The van der Waals surface area contributed by atoms with Gasteiger partial charge in [-0.1, -0.05) is 36.4 Å². The van der Waals surface area contributed by atoms with Gasteiger partial charge in [-0.15, -0.1) is 11.3 Å². The van der Waals surface area contributed by atoms with Gasteiger partial charge in [-0.05, 0) is 23.9 Å². The molecule has 0 aliphatic heterocycles. The lowest BCUT2D eigenvalue weighted by Gasteiger charge is -2.11. The van der Waals surface area contributed by atoms with Crippen LogP contribution in [0, 0.1) is 17.2 Å². The van der Waals surface area contributed by atoms with Crippen LogP contribution in [0.25, 0.3) is 0 Å². The number of benzene rings is 1. The normalized spacial score (nSPS) is 13.5. The minimum atomic E-state index is -0.980. The van der Waals surface area contributed by atoms with Gasteiger partial charge in [0.25, 0.3) is 0 Å². The Balaban J connectivity index is 2.26. The van der Waals surface area contributed by atoms with E-state index >= 15 is 0 Å². The van der Waals surface area contributed by atoms with Crippen LogP contribution in [-0.2, 0) is 9.53 Å². The summed E-state index contributed by atoms with van der Waals surface area (Å²) in [5.41, 5.74) is 1.02. The lowest BCUT2D eigenvalue weighted by Crippen LogP contribution is -2.17. The third-order valence-corrected chi connectivity index (χ3v) is 3.92. The number of hydrogen-bond acceptors (Lipinski definition) is 5. The first-order valence-corrected chi connectivity index (χ1v) is 7.82. The molecule has 4 nitrogen and oxygen atoms in total. The second kappa shape index (κ2) is 8.11. The minimum absolute atomic E-state index is 0.216. The van der Waals surface area contributed by atoms with E-state index in [0.29, 0.717) is 0 Å². The van der Waals surface area contributed by atoms with E-state index in [1.165, 1.54) is 6.21 Å². The molecule has 1 aromatic carbocycles. The molecule has 22 heavy (non-hydrogen) atoms. The fourth-order valence-corrected chi connectivity index (χ4v) is 2.75. The van der Waals surface area contributed by atoms with E-state index in [4.69, 9.17) is 10.00 Å². The zero-order valence-corrected chi connectivity index (χ0v) is 13.0. The van der Waals surface area contributed by atoms with E-state index < -0.39 is 11.9 Å². The van der Waals surface area contributed by atoms with Gasteiger partial charge in [0.05, 0.1) is 12.7 Å². The van der Waals surface area contributed by atoms with Crippen LogP contribution < -0.4 is 0 Å². The molecule has 0 saturated carbocycles. The lowest BCUT2D eigenvalue weighted by atomic mass is 10.1. The highest BCUT2D eigenvalue weighted by Gasteiger charge is 2.19. The Bertz CT molecular complexity index is 660. The highest BCUT2D eigenvalue weighted by atomic mass is 32.1. The SMILES string of the molecule is CCOC(=O)[C@H](C#N)C=N[C@H](c1ccccc1)c1cccs1. The average molecular weight is 312 g/mol. The zero-order chi connectivity index (χ0) is 15.8. The van der Waals surface area contributed by atoms with Crippen LogP contribution in [0.1, 0.15) is 23.4 Å². The van der Waals surface area contributed by atoms with Crippen LogP contribution >= 0.6 is 11.3 Å². The Hall–Kier alpha value is -2.45. The van der Waals surface area contributed by atoms with Gasteiger partial charge < -0.3 is 4.74 Å². The zero-order valence-electron chi connectivity index (χ0n) is 12.2. The van der Waals surface area contributed by atoms with E-state index in [9.17, 15) is 4.79 Å². The molecule has 5 heteroatoms. The van der Waals surface area contributed by atoms with Gasteiger partial charge in [0, 0.05) is 11.1 Å². The number of carbonyl (C=O) groups is 1. The first-order chi connectivity index (χ1) is 10.8. The molecule has 2 rings (SSSR count). The number of rotatable bonds is 6. The second-order valence-corrected chi connectivity index (χ2v) is 5.46. The molecule has 0 N–H and O–H groups in total. The Morgan fingerprint density at radius 2 is 2.14 bits per heavy atom. The van der Waals surface area contributed by atoms with Crippen molar-refractivity contribution in [1.82, 2.24) is 0 Å². The number of nitrogens with zero attached hydrogens (tertiary/aromatic N) is 2. The topological polar surface area (TPSA) is 62.5 Å². The number of thiophene rings is 1. The molecular formula is C17H16N2O2S. The molecule has 0 amide bonds. The van der Waals surface area contributed by atoms with Crippen molar-refractivity contribution in [2.45, 2.75) is 13.0 Å². The Morgan fingerprint density at radius 1 is 1.36 bits per heavy atom. The standard InChI is InChI=1S/C17H16N2O2S/c1-2-21-17(20)14(11-18)12-19-16(15-9-6-10-22-15)13-7-4-3-5-8-13/h3-10,12,14,16H,2H2,1H3/t14-,16-/m1/s1. The molecule has 2 atom stereocenters. The van der Waals surface area contributed by atoms with Crippen molar-refractivity contribution < 1.29 is 9.53 Å².